The van der Waals surface area contributed by atoms with Crippen LogP contribution in [0, 0.1) is 0 Å². The first kappa shape index (κ1) is 12.8. The fourth-order valence-electron chi connectivity index (χ4n) is 2.01. The van der Waals surface area contributed by atoms with Crippen LogP contribution < -0.4 is 0 Å². The molecule has 1 unspecified atom stereocenters. The van der Waals surface area contributed by atoms with Gasteiger partial charge in [0.1, 0.15) is 0 Å². The Labute approximate surface area is 113 Å². The Morgan fingerprint density at radius 3 is 3.20 bits per heavy atom. The molecule has 1 N–H and O–H groups in total. The first-order valence-electron chi connectivity index (χ1n) is 6.15. The van der Waals surface area contributed by atoms with Gasteiger partial charge >= 0.3 is 5.97 Å². The molecule has 0 radical (unpaired) electrons. The molecule has 1 atom stereocenters. The summed E-state index contributed by atoms with van der Waals surface area (Å²) >= 11 is 0. The van der Waals surface area contributed by atoms with Gasteiger partial charge in [-0.2, -0.15) is 4.98 Å². The third kappa shape index (κ3) is 2.70. The molecular weight excluding hydrogens is 266 g/mol. The Morgan fingerprint density at radius 1 is 1.55 bits per heavy atom. The van der Waals surface area contributed by atoms with Gasteiger partial charge in [-0.25, -0.2) is 4.79 Å². The van der Waals surface area contributed by atoms with E-state index in [4.69, 9.17) is 18.8 Å². The Balaban J connectivity index is 1.64. The van der Waals surface area contributed by atoms with Gasteiger partial charge in [-0.1, -0.05) is 5.16 Å². The molecule has 1 aliphatic heterocycles. The van der Waals surface area contributed by atoms with Gasteiger partial charge < -0.3 is 18.8 Å². The normalized spacial score (nSPS) is 20.1. The molecule has 0 bridgehead atoms. The number of aromatic nitrogens is 2. The number of hydrogen-bond donors (Lipinski definition) is 1. The molecule has 8 nitrogen and oxygen atoms in total. The van der Waals surface area contributed by atoms with Crippen LogP contribution in [0.3, 0.4) is 0 Å². The largest absolute Gasteiger partial charge is 0.479 e. The predicted octanol–water partition coefficient (Wildman–Crippen LogP) is 0.615. The zero-order valence-electron chi connectivity index (χ0n) is 10.6. The average Bonchev–Trinajstić information content (AvgIpc) is 3.09. The van der Waals surface area contributed by atoms with Gasteiger partial charge in [0.15, 0.2) is 11.9 Å². The fourth-order valence-corrected chi connectivity index (χ4v) is 2.01. The van der Waals surface area contributed by atoms with Gasteiger partial charge in [0, 0.05) is 13.1 Å². The minimum Gasteiger partial charge on any atom is -0.479 e. The van der Waals surface area contributed by atoms with Crippen molar-refractivity contribution in [3.63, 3.8) is 0 Å². The molecule has 0 aliphatic carbocycles. The lowest BCUT2D eigenvalue weighted by atomic mass is 10.3. The van der Waals surface area contributed by atoms with Crippen molar-refractivity contribution in [2.24, 2.45) is 0 Å². The fraction of sp³-hybridized carbons (Fsp3) is 0.417. The van der Waals surface area contributed by atoms with Crippen LogP contribution in [0.4, 0.5) is 0 Å². The van der Waals surface area contributed by atoms with Crippen LogP contribution in [0.5, 0.6) is 0 Å². The van der Waals surface area contributed by atoms with Crippen LogP contribution >= 0.6 is 0 Å². The standard InChI is InChI=1S/C12H13N3O5/c16-12(17)9-6-15(3-5-19-9)7-10-13-11(14-20-10)8-2-1-4-18-8/h1-2,4,9H,3,5-7H2,(H,16,17). The van der Waals surface area contributed by atoms with Gasteiger partial charge in [0.05, 0.1) is 19.4 Å². The van der Waals surface area contributed by atoms with Crippen molar-refractivity contribution in [2.75, 3.05) is 19.7 Å². The minimum atomic E-state index is -0.962. The van der Waals surface area contributed by atoms with E-state index >= 15 is 0 Å². The average molecular weight is 279 g/mol. The topological polar surface area (TPSA) is 102 Å². The molecule has 3 rings (SSSR count). The lowest BCUT2D eigenvalue weighted by Crippen LogP contribution is -2.45. The molecule has 0 aromatic carbocycles. The number of carboxylic acids is 1. The Bertz CT molecular complexity index is 580. The number of aliphatic carboxylic acids is 1. The number of carboxylic acid groups (broad SMARTS) is 1. The predicted molar refractivity (Wildman–Crippen MR) is 64.7 cm³/mol. The maximum absolute atomic E-state index is 10.9. The number of morpholine rings is 1. The van der Waals surface area contributed by atoms with Gasteiger partial charge in [0.25, 0.3) is 0 Å². The van der Waals surface area contributed by atoms with E-state index in [1.54, 1.807) is 12.1 Å². The van der Waals surface area contributed by atoms with Crippen molar-refractivity contribution >= 4 is 5.97 Å². The number of carbonyl (C=O) groups is 1. The highest BCUT2D eigenvalue weighted by Gasteiger charge is 2.27. The summed E-state index contributed by atoms with van der Waals surface area (Å²) in [5.74, 6) is 0.373. The quantitative estimate of drug-likeness (QED) is 0.868. The first-order chi connectivity index (χ1) is 9.72. The van der Waals surface area contributed by atoms with Gasteiger partial charge in [-0.15, -0.1) is 0 Å². The highest BCUT2D eigenvalue weighted by Crippen LogP contribution is 2.17. The molecular formula is C12H13N3O5. The van der Waals surface area contributed by atoms with Crippen molar-refractivity contribution in [3.05, 3.63) is 24.3 Å². The van der Waals surface area contributed by atoms with E-state index < -0.39 is 12.1 Å². The number of ether oxygens (including phenoxy) is 1. The van der Waals surface area contributed by atoms with Crippen LogP contribution in [-0.2, 0) is 16.1 Å². The second-order valence-corrected chi connectivity index (χ2v) is 4.42. The van der Waals surface area contributed by atoms with Gasteiger partial charge in [0.2, 0.25) is 11.7 Å². The van der Waals surface area contributed by atoms with E-state index in [-0.39, 0.29) is 0 Å². The molecule has 2 aromatic heterocycles. The van der Waals surface area contributed by atoms with E-state index in [9.17, 15) is 4.79 Å². The van der Waals surface area contributed by atoms with Crippen molar-refractivity contribution in [2.45, 2.75) is 12.6 Å². The molecule has 20 heavy (non-hydrogen) atoms. The van der Waals surface area contributed by atoms with Crippen LogP contribution in [0.15, 0.2) is 27.3 Å². The molecule has 8 heteroatoms. The Kier molecular flexibility index (Phi) is 3.48. The zero-order chi connectivity index (χ0) is 13.9. The summed E-state index contributed by atoms with van der Waals surface area (Å²) in [5.41, 5.74) is 0. The maximum Gasteiger partial charge on any atom is 0.334 e. The molecule has 0 spiro atoms. The van der Waals surface area contributed by atoms with Crippen molar-refractivity contribution in [1.82, 2.24) is 15.0 Å². The molecule has 2 aromatic rings. The van der Waals surface area contributed by atoms with Gasteiger partial charge in [-0.05, 0) is 12.1 Å². The van der Waals surface area contributed by atoms with Crippen LogP contribution in [0.1, 0.15) is 5.89 Å². The molecule has 3 heterocycles. The van der Waals surface area contributed by atoms with E-state index in [0.717, 1.165) is 0 Å². The lowest BCUT2D eigenvalue weighted by Gasteiger charge is -2.29. The summed E-state index contributed by atoms with van der Waals surface area (Å²) in [5, 5.41) is 12.8. The molecule has 0 amide bonds. The minimum absolute atomic E-state index is 0.299. The number of nitrogens with zero attached hydrogens (tertiary/aromatic N) is 3. The van der Waals surface area contributed by atoms with Gasteiger partial charge in [-0.3, -0.25) is 4.90 Å². The van der Waals surface area contributed by atoms with E-state index in [0.29, 0.717) is 43.7 Å². The van der Waals surface area contributed by atoms with Crippen LogP contribution in [0.25, 0.3) is 11.6 Å². The van der Waals surface area contributed by atoms with Crippen molar-refractivity contribution in [1.29, 1.82) is 0 Å². The number of furan rings is 1. The summed E-state index contributed by atoms with van der Waals surface area (Å²) in [6.07, 6.45) is 0.723. The smallest absolute Gasteiger partial charge is 0.334 e. The van der Waals surface area contributed by atoms with E-state index in [1.165, 1.54) is 6.26 Å². The molecule has 106 valence electrons. The zero-order valence-corrected chi connectivity index (χ0v) is 10.6. The highest BCUT2D eigenvalue weighted by molar-refractivity contribution is 5.72. The SMILES string of the molecule is O=C(O)C1CN(Cc2nc(-c3ccco3)no2)CCO1. The second kappa shape index (κ2) is 5.43. The summed E-state index contributed by atoms with van der Waals surface area (Å²) in [4.78, 5) is 17.0. The van der Waals surface area contributed by atoms with Crippen molar-refractivity contribution in [3.8, 4) is 11.6 Å². The molecule has 0 saturated carbocycles. The third-order valence-corrected chi connectivity index (χ3v) is 2.99. The lowest BCUT2D eigenvalue weighted by molar-refractivity contribution is -0.156. The number of rotatable bonds is 4. The first-order valence-corrected chi connectivity index (χ1v) is 6.15. The van der Waals surface area contributed by atoms with Crippen molar-refractivity contribution < 1.29 is 23.6 Å². The summed E-state index contributed by atoms with van der Waals surface area (Å²) in [7, 11) is 0. The highest BCUT2D eigenvalue weighted by atomic mass is 16.5. The van der Waals surface area contributed by atoms with E-state index in [1.807, 2.05) is 4.90 Å². The Hall–Kier alpha value is -2.19. The maximum atomic E-state index is 10.9. The Morgan fingerprint density at radius 2 is 2.45 bits per heavy atom. The summed E-state index contributed by atoms with van der Waals surface area (Å²) in [6, 6.07) is 3.48. The van der Waals surface area contributed by atoms with Crippen LogP contribution in [-0.4, -0.2) is 51.9 Å². The molecule has 1 fully saturated rings. The second-order valence-electron chi connectivity index (χ2n) is 4.42. The summed E-state index contributed by atoms with van der Waals surface area (Å²) < 4.78 is 15.5. The number of hydrogen-bond acceptors (Lipinski definition) is 7. The summed E-state index contributed by atoms with van der Waals surface area (Å²) in [6.45, 7) is 1.69. The van der Waals surface area contributed by atoms with E-state index in [2.05, 4.69) is 10.1 Å². The third-order valence-electron chi connectivity index (χ3n) is 2.99. The molecule has 1 aliphatic rings. The van der Waals surface area contributed by atoms with Crippen LogP contribution in [0.2, 0.25) is 0 Å². The molecule has 1 saturated heterocycles. The monoisotopic (exact) mass is 279 g/mol.